The SMILES string of the molecule is C=CS(=O)(=O)Nc1ccc(-c2nn(C(C)C)c3ncnc(N)c23)cc1.CC(C)n1nc(-c2ccc(N)cc2)c2c(N)ncnc21.O=S(=O)(Cl)CCCl. The van der Waals surface area contributed by atoms with Gasteiger partial charge in [-0.3, -0.25) is 4.72 Å². The maximum Gasteiger partial charge on any atom is 0.254 e. The quantitative estimate of drug-likeness (QED) is 0.0796. The van der Waals surface area contributed by atoms with Crippen molar-refractivity contribution in [2.45, 2.75) is 39.8 Å². The van der Waals surface area contributed by atoms with Gasteiger partial charge in [0.05, 0.1) is 16.5 Å². The van der Waals surface area contributed by atoms with Crippen molar-refractivity contribution in [3.05, 3.63) is 73.2 Å². The van der Waals surface area contributed by atoms with Crippen LogP contribution in [-0.2, 0) is 19.1 Å². The van der Waals surface area contributed by atoms with Crippen LogP contribution in [0.2, 0.25) is 0 Å². The summed E-state index contributed by atoms with van der Waals surface area (Å²) in [5.41, 5.74) is 23.5. The zero-order chi connectivity index (χ0) is 38.4. The third-order valence-corrected chi connectivity index (χ3v) is 9.68. The first-order valence-corrected chi connectivity index (χ1v) is 20.1. The van der Waals surface area contributed by atoms with Crippen LogP contribution in [0.3, 0.4) is 0 Å². The Morgan fingerprint density at radius 3 is 1.52 bits per heavy atom. The predicted molar refractivity (Wildman–Crippen MR) is 209 cm³/mol. The largest absolute Gasteiger partial charge is 0.399 e. The molecule has 0 aliphatic carbocycles. The van der Waals surface area contributed by atoms with Gasteiger partial charge in [-0.2, -0.15) is 10.2 Å². The molecule has 0 saturated carbocycles. The van der Waals surface area contributed by atoms with Gasteiger partial charge < -0.3 is 17.2 Å². The van der Waals surface area contributed by atoms with E-state index in [9.17, 15) is 16.8 Å². The van der Waals surface area contributed by atoms with E-state index in [0.29, 0.717) is 39.7 Å². The minimum Gasteiger partial charge on any atom is -0.399 e. The molecule has 276 valence electrons. The van der Waals surface area contributed by atoms with Gasteiger partial charge in [0.25, 0.3) is 10.0 Å². The molecule has 0 unspecified atom stereocenters. The Labute approximate surface area is 310 Å². The standard InChI is InChI=1S/C16H18N6O2S.C14H16N6.C2H4Cl2O2S/c1-4-25(23,24)21-12-7-5-11(6-8-12)14-13-15(17)18-9-19-16(13)22(20-14)10(2)3;1-8(2)20-14-11(13(16)17-7-18-14)12(19-20)9-3-5-10(15)6-4-9;3-1-2-7(4,5)6/h4-10,21H,1H2,2-3H3,(H2,17,18,19);3-8H,15H2,1-2H3,(H2,16,17,18);1-2H2. The van der Waals surface area contributed by atoms with Crippen LogP contribution in [0.4, 0.5) is 23.0 Å². The summed E-state index contributed by atoms with van der Waals surface area (Å²) >= 11 is 5.02. The summed E-state index contributed by atoms with van der Waals surface area (Å²) in [5, 5.41) is 11.6. The van der Waals surface area contributed by atoms with Gasteiger partial charge in [-0.1, -0.05) is 30.8 Å². The van der Waals surface area contributed by atoms with Crippen molar-refractivity contribution in [3.63, 3.8) is 0 Å². The van der Waals surface area contributed by atoms with Gasteiger partial charge in [-0.25, -0.2) is 46.1 Å². The van der Waals surface area contributed by atoms with E-state index < -0.39 is 19.1 Å². The smallest absolute Gasteiger partial charge is 0.254 e. The first-order chi connectivity index (χ1) is 24.5. The van der Waals surface area contributed by atoms with Gasteiger partial charge in [0, 0.05) is 56.6 Å². The molecule has 7 N–H and O–H groups in total. The Hall–Kier alpha value is -5.04. The van der Waals surface area contributed by atoms with Crippen molar-refractivity contribution in [3.8, 4) is 22.5 Å². The molecule has 0 fully saturated rings. The Kier molecular flexibility index (Phi) is 12.6. The van der Waals surface area contributed by atoms with Crippen LogP contribution in [0.1, 0.15) is 39.8 Å². The fourth-order valence-corrected chi connectivity index (χ4v) is 6.56. The zero-order valence-electron chi connectivity index (χ0n) is 28.6. The van der Waals surface area contributed by atoms with Gasteiger partial charge >= 0.3 is 0 Å². The normalized spacial score (nSPS) is 11.6. The Bertz CT molecular complexity index is 2400. The third-order valence-electron chi connectivity index (χ3n) is 7.16. The number of fused-ring (bicyclic) bond motifs is 2. The molecule has 0 amide bonds. The molecule has 0 saturated heterocycles. The molecule has 52 heavy (non-hydrogen) atoms. The molecule has 16 nitrogen and oxygen atoms in total. The number of hydrogen-bond acceptors (Lipinski definition) is 13. The summed E-state index contributed by atoms with van der Waals surface area (Å²) in [6.07, 6.45) is 2.88. The van der Waals surface area contributed by atoms with E-state index in [1.54, 1.807) is 28.9 Å². The number of alkyl halides is 1. The van der Waals surface area contributed by atoms with Gasteiger partial charge in [-0.15, -0.1) is 11.6 Å². The van der Waals surface area contributed by atoms with E-state index in [2.05, 4.69) is 55.3 Å². The van der Waals surface area contributed by atoms with E-state index >= 15 is 0 Å². The summed E-state index contributed by atoms with van der Waals surface area (Å²) in [6, 6.07) is 14.7. The fourth-order valence-electron chi connectivity index (χ4n) is 4.75. The van der Waals surface area contributed by atoms with Gasteiger partial charge in [0.2, 0.25) is 9.05 Å². The van der Waals surface area contributed by atoms with Crippen LogP contribution in [0.15, 0.2) is 73.2 Å². The van der Waals surface area contributed by atoms with Gasteiger partial charge in [0.15, 0.2) is 11.3 Å². The summed E-state index contributed by atoms with van der Waals surface area (Å²) < 4.78 is 49.0. The number of anilines is 4. The molecule has 4 heterocycles. The van der Waals surface area contributed by atoms with Crippen molar-refractivity contribution in [1.29, 1.82) is 0 Å². The second-order valence-electron chi connectivity index (χ2n) is 11.6. The molecular weight excluding hydrogens is 751 g/mol. The average molecular weight is 790 g/mol. The number of rotatable bonds is 9. The average Bonchev–Trinajstić information content (AvgIpc) is 3.67. The molecule has 0 atom stereocenters. The molecule has 0 spiro atoms. The third kappa shape index (κ3) is 9.64. The highest BCUT2D eigenvalue weighted by Gasteiger charge is 2.19. The van der Waals surface area contributed by atoms with Crippen molar-refractivity contribution >= 4 is 86.4 Å². The number of benzene rings is 2. The number of nitrogens with one attached hydrogen (secondary N) is 1. The maximum absolute atomic E-state index is 11.5. The van der Waals surface area contributed by atoms with Gasteiger partial charge in [0.1, 0.15) is 35.7 Å². The zero-order valence-corrected chi connectivity index (χ0v) is 31.8. The molecule has 2 aromatic carbocycles. The van der Waals surface area contributed by atoms with Crippen LogP contribution in [0.5, 0.6) is 0 Å². The summed E-state index contributed by atoms with van der Waals surface area (Å²) in [5.74, 6) is 0.694. The fraction of sp³-hybridized carbons (Fsp3) is 0.250. The van der Waals surface area contributed by atoms with Crippen LogP contribution < -0.4 is 21.9 Å². The van der Waals surface area contributed by atoms with E-state index in [-0.39, 0.29) is 23.7 Å². The predicted octanol–water partition coefficient (Wildman–Crippen LogP) is 5.57. The Morgan fingerprint density at radius 2 is 1.17 bits per heavy atom. The maximum atomic E-state index is 11.5. The van der Waals surface area contributed by atoms with Crippen molar-refractivity contribution < 1.29 is 16.8 Å². The topological polar surface area (TPSA) is 246 Å². The summed E-state index contributed by atoms with van der Waals surface area (Å²) in [6.45, 7) is 11.4. The first-order valence-electron chi connectivity index (χ1n) is 15.5. The molecule has 0 aliphatic heterocycles. The monoisotopic (exact) mass is 788 g/mol. The van der Waals surface area contributed by atoms with Crippen LogP contribution in [-0.4, -0.2) is 68.0 Å². The highest BCUT2D eigenvalue weighted by molar-refractivity contribution is 8.13. The van der Waals surface area contributed by atoms with Crippen molar-refractivity contribution in [1.82, 2.24) is 39.5 Å². The molecule has 4 aromatic heterocycles. The van der Waals surface area contributed by atoms with E-state index in [1.165, 1.54) is 12.7 Å². The number of aromatic nitrogens is 8. The van der Waals surface area contributed by atoms with Crippen LogP contribution >= 0.6 is 22.3 Å². The molecule has 0 radical (unpaired) electrons. The molecule has 0 bridgehead atoms. The van der Waals surface area contributed by atoms with Gasteiger partial charge in [-0.05, 0) is 52.0 Å². The number of halogens is 2. The second-order valence-corrected chi connectivity index (χ2v) is 16.5. The van der Waals surface area contributed by atoms with Crippen molar-refractivity contribution in [2.24, 2.45) is 0 Å². The number of nitrogens with two attached hydrogens (primary N) is 3. The summed E-state index contributed by atoms with van der Waals surface area (Å²) in [4.78, 5) is 16.7. The Balaban J connectivity index is 0.000000200. The Morgan fingerprint density at radius 1 is 0.750 bits per heavy atom. The minimum atomic E-state index is -3.54. The highest BCUT2D eigenvalue weighted by Crippen LogP contribution is 2.33. The number of sulfonamides is 1. The first kappa shape index (κ1) is 39.7. The van der Waals surface area contributed by atoms with Crippen LogP contribution in [0.25, 0.3) is 44.6 Å². The lowest BCUT2D eigenvalue weighted by Gasteiger charge is -2.06. The molecule has 6 rings (SSSR count). The van der Waals surface area contributed by atoms with Crippen LogP contribution in [0, 0.1) is 0 Å². The lowest BCUT2D eigenvalue weighted by molar-refractivity contribution is 0.548. The summed E-state index contributed by atoms with van der Waals surface area (Å²) in [7, 11) is -2.16. The molecule has 6 aromatic rings. The lowest BCUT2D eigenvalue weighted by atomic mass is 10.1. The van der Waals surface area contributed by atoms with Crippen molar-refractivity contribution in [2.75, 3.05) is 33.6 Å². The number of nitrogen functional groups attached to an aromatic ring is 3. The van der Waals surface area contributed by atoms with E-state index in [0.717, 1.165) is 33.3 Å². The second kappa shape index (κ2) is 16.5. The lowest BCUT2D eigenvalue weighted by Crippen LogP contribution is -2.08. The molecule has 20 heteroatoms. The molecular formula is C32H38Cl2N12O4S2. The molecule has 0 aliphatic rings. The highest BCUT2D eigenvalue weighted by atomic mass is 35.7. The number of nitrogens with zero attached hydrogens (tertiary/aromatic N) is 8. The van der Waals surface area contributed by atoms with E-state index in [4.69, 9.17) is 39.5 Å². The van der Waals surface area contributed by atoms with E-state index in [1.807, 2.05) is 42.8 Å². The number of hydrogen-bond donors (Lipinski definition) is 4. The minimum absolute atomic E-state index is 0.0613.